The van der Waals surface area contributed by atoms with E-state index in [4.69, 9.17) is 9.47 Å². The molecule has 0 radical (unpaired) electrons. The van der Waals surface area contributed by atoms with Gasteiger partial charge in [-0.2, -0.15) is 0 Å². The molecule has 3 aliphatic heterocycles. The molecule has 0 bridgehead atoms. The summed E-state index contributed by atoms with van der Waals surface area (Å²) in [6.07, 6.45) is 0.267. The Morgan fingerprint density at radius 3 is 2.14 bits per heavy atom. The Kier molecular flexibility index (Phi) is 9.45. The molecule has 7 rings (SSSR count). The van der Waals surface area contributed by atoms with Gasteiger partial charge in [0, 0.05) is 42.5 Å². The van der Waals surface area contributed by atoms with Crippen LogP contribution in [-0.2, 0) is 30.9 Å². The van der Waals surface area contributed by atoms with Crippen LogP contribution in [0.3, 0.4) is 0 Å². The van der Waals surface area contributed by atoms with Crippen molar-refractivity contribution >= 4 is 27.3 Å². The maximum absolute atomic E-state index is 13.2. The van der Waals surface area contributed by atoms with E-state index in [0.717, 1.165) is 35.5 Å². The van der Waals surface area contributed by atoms with Crippen LogP contribution in [0.2, 0.25) is 0 Å². The predicted octanol–water partition coefficient (Wildman–Crippen LogP) is 5.20. The van der Waals surface area contributed by atoms with Crippen molar-refractivity contribution in [1.82, 2.24) is 10.2 Å². The minimum Gasteiger partial charge on any atom is -0.392 e. The van der Waals surface area contributed by atoms with Crippen LogP contribution in [0.5, 0.6) is 0 Å². The molecule has 0 saturated carbocycles. The molecule has 3 fully saturated rings. The Balaban J connectivity index is 1.08. The van der Waals surface area contributed by atoms with Crippen LogP contribution in [0.1, 0.15) is 48.8 Å². The summed E-state index contributed by atoms with van der Waals surface area (Å²) in [7, 11) is -3.73. The van der Waals surface area contributed by atoms with E-state index in [0.29, 0.717) is 31.7 Å². The van der Waals surface area contributed by atoms with E-state index in [1.54, 1.807) is 42.5 Å². The normalized spacial score (nSPS) is 24.1. The minimum atomic E-state index is -3.73. The van der Waals surface area contributed by atoms with Gasteiger partial charge in [0.15, 0.2) is 6.29 Å². The smallest absolute Gasteiger partial charge is 0.261 e. The quantitative estimate of drug-likeness (QED) is 0.221. The monoisotopic (exact) mass is 682 g/mol. The zero-order valence-electron chi connectivity index (χ0n) is 27.4. The largest absolute Gasteiger partial charge is 0.392 e. The number of aliphatic hydroxyl groups is 1. The molecule has 0 aromatic heterocycles. The number of aliphatic hydroxyl groups excluding tert-OH is 1. The lowest BCUT2D eigenvalue weighted by molar-refractivity contribution is -0.276. The number of carbonyl (C=O) groups is 1. The van der Waals surface area contributed by atoms with Crippen LogP contribution in [-0.4, -0.2) is 62.3 Å². The standard InChI is InChI=1S/C38H42N4O6S/c1-27-34(24-41-22-20-38(21-23-41)37(44)39-26-42(38)32-8-4-2-5-9-32)47-36(48-35(27)29-14-12-28(25-43)13-15-29)30-16-18-31(19-17-30)40-49(45,46)33-10-6-3-7-11-33/h2-19,27,34-36,40,43H,20-26H2,1H3,(H,39,44)/t27-,34+,35+,36+/m1/s1. The Morgan fingerprint density at radius 1 is 0.857 bits per heavy atom. The highest BCUT2D eigenvalue weighted by Crippen LogP contribution is 2.43. The number of nitrogens with one attached hydrogen (secondary N) is 2. The number of benzene rings is 4. The molecule has 0 unspecified atom stereocenters. The Bertz CT molecular complexity index is 1830. The second-order valence-corrected chi connectivity index (χ2v) is 14.8. The fraction of sp³-hybridized carbons (Fsp3) is 0.342. The van der Waals surface area contributed by atoms with E-state index in [9.17, 15) is 18.3 Å². The van der Waals surface area contributed by atoms with Crippen molar-refractivity contribution in [3.63, 3.8) is 0 Å². The molecule has 256 valence electrons. The Labute approximate surface area is 287 Å². The van der Waals surface area contributed by atoms with Crippen LogP contribution in [0.15, 0.2) is 114 Å². The number of nitrogens with zero attached hydrogens (tertiary/aromatic N) is 2. The van der Waals surface area contributed by atoms with Crippen LogP contribution >= 0.6 is 0 Å². The fourth-order valence-electron chi connectivity index (χ4n) is 7.24. The number of para-hydroxylation sites is 1. The minimum absolute atomic E-state index is 0.000310. The molecule has 1 spiro atoms. The third-order valence-corrected chi connectivity index (χ3v) is 11.5. The van der Waals surface area contributed by atoms with Crippen LogP contribution in [0.25, 0.3) is 0 Å². The van der Waals surface area contributed by atoms with Gasteiger partial charge in [-0.15, -0.1) is 0 Å². The number of hydrogen-bond acceptors (Lipinski definition) is 8. The summed E-state index contributed by atoms with van der Waals surface area (Å²) in [5, 5.41) is 12.7. The van der Waals surface area contributed by atoms with Gasteiger partial charge in [-0.3, -0.25) is 9.52 Å². The highest BCUT2D eigenvalue weighted by molar-refractivity contribution is 7.92. The average Bonchev–Trinajstić information content (AvgIpc) is 3.45. The molecule has 0 aliphatic carbocycles. The molecule has 3 saturated heterocycles. The van der Waals surface area contributed by atoms with Crippen molar-refractivity contribution in [2.24, 2.45) is 5.92 Å². The summed E-state index contributed by atoms with van der Waals surface area (Å²) in [5.74, 6) is 0.0901. The van der Waals surface area contributed by atoms with Crippen molar-refractivity contribution in [2.75, 3.05) is 35.9 Å². The predicted molar refractivity (Wildman–Crippen MR) is 187 cm³/mol. The summed E-state index contributed by atoms with van der Waals surface area (Å²) >= 11 is 0. The second kappa shape index (κ2) is 13.9. The van der Waals surface area contributed by atoms with Crippen molar-refractivity contribution in [1.29, 1.82) is 0 Å². The highest BCUT2D eigenvalue weighted by Gasteiger charge is 2.51. The van der Waals surface area contributed by atoms with Gasteiger partial charge in [0.05, 0.1) is 30.4 Å². The summed E-state index contributed by atoms with van der Waals surface area (Å²) in [5.41, 5.74) is 3.51. The first kappa shape index (κ1) is 33.2. The number of anilines is 2. The molecular formula is C38H42N4O6S. The number of piperidine rings is 1. The lowest BCUT2D eigenvalue weighted by Gasteiger charge is -2.46. The number of hydrogen-bond donors (Lipinski definition) is 3. The fourth-order valence-corrected chi connectivity index (χ4v) is 8.32. The molecule has 49 heavy (non-hydrogen) atoms. The van der Waals surface area contributed by atoms with Crippen molar-refractivity contribution < 1.29 is 27.8 Å². The average molecular weight is 683 g/mol. The molecule has 4 aromatic rings. The molecule has 11 heteroatoms. The third-order valence-electron chi connectivity index (χ3n) is 10.1. The van der Waals surface area contributed by atoms with Gasteiger partial charge in [0.1, 0.15) is 5.54 Å². The van der Waals surface area contributed by atoms with Gasteiger partial charge in [-0.05, 0) is 60.4 Å². The van der Waals surface area contributed by atoms with Crippen LogP contribution < -0.4 is 14.9 Å². The number of rotatable bonds is 9. The molecule has 10 nitrogen and oxygen atoms in total. The first-order chi connectivity index (χ1) is 23.8. The summed E-state index contributed by atoms with van der Waals surface area (Å²) in [6.45, 7) is 4.78. The highest BCUT2D eigenvalue weighted by atomic mass is 32.2. The van der Waals surface area contributed by atoms with E-state index >= 15 is 0 Å². The lowest BCUT2D eigenvalue weighted by Crippen LogP contribution is -2.57. The zero-order valence-corrected chi connectivity index (χ0v) is 28.3. The molecule has 3 N–H and O–H groups in total. The van der Waals surface area contributed by atoms with Gasteiger partial charge in [-0.1, -0.05) is 79.7 Å². The van der Waals surface area contributed by atoms with E-state index in [-0.39, 0.29) is 35.5 Å². The van der Waals surface area contributed by atoms with Gasteiger partial charge in [0.25, 0.3) is 10.0 Å². The molecule has 1 amide bonds. The maximum atomic E-state index is 13.2. The van der Waals surface area contributed by atoms with Crippen molar-refractivity contribution in [2.45, 2.75) is 55.3 Å². The number of sulfonamides is 1. The van der Waals surface area contributed by atoms with Crippen molar-refractivity contribution in [3.05, 3.63) is 126 Å². The van der Waals surface area contributed by atoms with Gasteiger partial charge in [0.2, 0.25) is 5.91 Å². The molecular weight excluding hydrogens is 641 g/mol. The number of amides is 1. The third kappa shape index (κ3) is 6.82. The Hall–Kier alpha value is -4.26. The number of ether oxygens (including phenoxy) is 2. The Morgan fingerprint density at radius 2 is 1.49 bits per heavy atom. The lowest BCUT2D eigenvalue weighted by atomic mass is 9.84. The van der Waals surface area contributed by atoms with E-state index in [1.807, 2.05) is 54.6 Å². The molecule has 3 aliphatic rings. The van der Waals surface area contributed by atoms with Crippen LogP contribution in [0.4, 0.5) is 11.4 Å². The van der Waals surface area contributed by atoms with Gasteiger partial charge in [-0.25, -0.2) is 8.42 Å². The van der Waals surface area contributed by atoms with E-state index < -0.39 is 21.9 Å². The SMILES string of the molecule is C[C@@H]1[C@H](CN2CCC3(CC2)C(=O)NCN3c2ccccc2)O[C@H](c2ccc(NS(=O)(=O)c3ccccc3)cc2)O[C@@H]1c1ccc(CO)cc1. The second-order valence-electron chi connectivity index (χ2n) is 13.1. The zero-order chi connectivity index (χ0) is 34.0. The van der Waals surface area contributed by atoms with E-state index in [1.165, 1.54) is 0 Å². The first-order valence-electron chi connectivity index (χ1n) is 16.8. The first-order valence-corrected chi connectivity index (χ1v) is 18.3. The van der Waals surface area contributed by atoms with Gasteiger partial charge < -0.3 is 29.7 Å². The van der Waals surface area contributed by atoms with E-state index in [2.05, 4.69) is 38.9 Å². The molecule has 4 atom stereocenters. The number of likely N-dealkylation sites (tertiary alicyclic amines) is 1. The summed E-state index contributed by atoms with van der Waals surface area (Å²) in [6, 6.07) is 33.3. The van der Waals surface area contributed by atoms with Crippen molar-refractivity contribution in [3.8, 4) is 0 Å². The van der Waals surface area contributed by atoms with Crippen LogP contribution in [0, 0.1) is 5.92 Å². The molecule has 4 aromatic carbocycles. The topological polar surface area (TPSA) is 120 Å². The summed E-state index contributed by atoms with van der Waals surface area (Å²) < 4.78 is 41.7. The number of carbonyl (C=O) groups excluding carboxylic acids is 1. The maximum Gasteiger partial charge on any atom is 0.261 e. The molecule has 3 heterocycles. The van der Waals surface area contributed by atoms with Gasteiger partial charge >= 0.3 is 0 Å². The summed E-state index contributed by atoms with van der Waals surface area (Å²) in [4.78, 5) is 18.0.